The maximum atomic E-state index is 11.7. The van der Waals surface area contributed by atoms with Crippen LogP contribution < -0.4 is 0 Å². The van der Waals surface area contributed by atoms with Crippen LogP contribution in [0.15, 0.2) is 0 Å². The molecule has 0 saturated heterocycles. The Bertz CT molecular complexity index is 336. The number of unbranched alkanes of at least 4 members (excludes halogenated alkanes) is 9. The minimum atomic E-state index is -0.746. The summed E-state index contributed by atoms with van der Waals surface area (Å²) in [4.78, 5) is 33.8. The molecule has 134 valence electrons. The number of rotatable bonds is 17. The van der Waals surface area contributed by atoms with E-state index in [1.165, 1.54) is 25.7 Å². The number of carbonyl (C=O) groups excluding carboxylic acids is 2. The summed E-state index contributed by atoms with van der Waals surface area (Å²) >= 11 is 0. The maximum absolute atomic E-state index is 11.7. The topological polar surface area (TPSA) is 71.4 Å². The highest BCUT2D eigenvalue weighted by Gasteiger charge is 2.09. The zero-order valence-electron chi connectivity index (χ0n) is 14.8. The Morgan fingerprint density at radius 2 is 1.00 bits per heavy atom. The lowest BCUT2D eigenvalue weighted by Gasteiger charge is -2.02. The Hall–Kier alpha value is -1.19. The quantitative estimate of drug-likeness (QED) is 0.299. The average Bonchev–Trinajstić information content (AvgIpc) is 2.49. The van der Waals surface area contributed by atoms with Gasteiger partial charge in [-0.3, -0.25) is 14.4 Å². The molecule has 0 aliphatic rings. The molecule has 0 aromatic heterocycles. The molecule has 0 heterocycles. The normalized spacial score (nSPS) is 10.7. The van der Waals surface area contributed by atoms with E-state index in [4.69, 9.17) is 5.11 Å². The minimum Gasteiger partial charge on any atom is -0.481 e. The molecule has 0 aromatic rings. The monoisotopic (exact) mass is 326 g/mol. The summed E-state index contributed by atoms with van der Waals surface area (Å²) < 4.78 is 0. The van der Waals surface area contributed by atoms with Gasteiger partial charge in [0.05, 0.1) is 6.42 Å². The first-order valence-electron chi connectivity index (χ1n) is 9.31. The van der Waals surface area contributed by atoms with Crippen molar-refractivity contribution in [3.05, 3.63) is 0 Å². The van der Waals surface area contributed by atoms with Crippen LogP contribution in [0.3, 0.4) is 0 Å². The van der Waals surface area contributed by atoms with Crippen molar-refractivity contribution < 1.29 is 19.5 Å². The molecule has 4 nitrogen and oxygen atoms in total. The van der Waals surface area contributed by atoms with Crippen molar-refractivity contribution in [2.24, 2.45) is 0 Å². The molecule has 0 aliphatic carbocycles. The van der Waals surface area contributed by atoms with Gasteiger partial charge in [0.15, 0.2) is 0 Å². The fourth-order valence-electron chi connectivity index (χ4n) is 2.63. The van der Waals surface area contributed by atoms with Crippen LogP contribution in [0.2, 0.25) is 0 Å². The van der Waals surface area contributed by atoms with Crippen molar-refractivity contribution >= 4 is 17.5 Å². The van der Waals surface area contributed by atoms with Gasteiger partial charge in [0, 0.05) is 19.3 Å². The number of carboxylic acids is 1. The third kappa shape index (κ3) is 17.0. The third-order valence-corrected chi connectivity index (χ3v) is 4.05. The van der Waals surface area contributed by atoms with E-state index in [0.29, 0.717) is 19.3 Å². The van der Waals surface area contributed by atoms with Crippen LogP contribution in [0.25, 0.3) is 0 Å². The summed E-state index contributed by atoms with van der Waals surface area (Å²) in [6.07, 6.45) is 12.6. The highest BCUT2D eigenvalue weighted by atomic mass is 16.4. The van der Waals surface area contributed by atoms with E-state index in [1.807, 2.05) is 0 Å². The molecule has 0 radical (unpaired) electrons. The highest BCUT2D eigenvalue weighted by Crippen LogP contribution is 2.11. The van der Waals surface area contributed by atoms with E-state index < -0.39 is 5.97 Å². The molecular formula is C19H34O4. The SMILES string of the molecule is CCCCCCCCC(=O)CC(=O)CCCCCCCC(=O)O. The van der Waals surface area contributed by atoms with Crippen LogP contribution in [0.4, 0.5) is 0 Å². The summed E-state index contributed by atoms with van der Waals surface area (Å²) in [5.41, 5.74) is 0. The van der Waals surface area contributed by atoms with Gasteiger partial charge in [0.1, 0.15) is 11.6 Å². The van der Waals surface area contributed by atoms with E-state index in [-0.39, 0.29) is 24.4 Å². The van der Waals surface area contributed by atoms with Crippen molar-refractivity contribution in [1.29, 1.82) is 0 Å². The lowest BCUT2D eigenvalue weighted by atomic mass is 10.0. The van der Waals surface area contributed by atoms with Gasteiger partial charge in [-0.15, -0.1) is 0 Å². The van der Waals surface area contributed by atoms with Crippen LogP contribution in [-0.2, 0) is 14.4 Å². The van der Waals surface area contributed by atoms with Crippen LogP contribution in [0.5, 0.6) is 0 Å². The Kier molecular flexibility index (Phi) is 14.9. The predicted molar refractivity (Wildman–Crippen MR) is 92.6 cm³/mol. The Morgan fingerprint density at radius 3 is 1.43 bits per heavy atom. The second kappa shape index (κ2) is 15.7. The standard InChI is InChI=1S/C19H34O4/c1-2-3-4-5-7-10-13-17(20)16-18(21)14-11-8-6-9-12-15-19(22)23/h2-16H2,1H3,(H,22,23). The molecular weight excluding hydrogens is 292 g/mol. The van der Waals surface area contributed by atoms with Crippen LogP contribution in [0, 0.1) is 0 Å². The summed E-state index contributed by atoms with van der Waals surface area (Å²) in [6.45, 7) is 2.19. The van der Waals surface area contributed by atoms with E-state index in [2.05, 4.69) is 6.92 Å². The molecule has 1 N–H and O–H groups in total. The maximum Gasteiger partial charge on any atom is 0.303 e. The molecule has 0 saturated carbocycles. The van der Waals surface area contributed by atoms with Crippen molar-refractivity contribution in [1.82, 2.24) is 0 Å². The highest BCUT2D eigenvalue weighted by molar-refractivity contribution is 5.98. The molecule has 23 heavy (non-hydrogen) atoms. The Balaban J connectivity index is 3.40. The van der Waals surface area contributed by atoms with Crippen molar-refractivity contribution in [3.8, 4) is 0 Å². The number of ketones is 2. The first-order valence-corrected chi connectivity index (χ1v) is 9.31. The molecule has 0 unspecified atom stereocenters. The minimum absolute atomic E-state index is 0.0616. The number of carbonyl (C=O) groups is 3. The van der Waals surface area contributed by atoms with Gasteiger partial charge < -0.3 is 5.11 Å². The van der Waals surface area contributed by atoms with Crippen LogP contribution in [-0.4, -0.2) is 22.6 Å². The Labute approximate surface area is 141 Å². The van der Waals surface area contributed by atoms with Gasteiger partial charge in [-0.05, 0) is 19.3 Å². The summed E-state index contributed by atoms with van der Waals surface area (Å²) in [6, 6.07) is 0. The van der Waals surface area contributed by atoms with Gasteiger partial charge in [0.2, 0.25) is 0 Å². The molecule has 0 bridgehead atoms. The van der Waals surface area contributed by atoms with Gasteiger partial charge in [-0.1, -0.05) is 58.3 Å². The second-order valence-corrected chi connectivity index (χ2v) is 6.43. The van der Waals surface area contributed by atoms with Gasteiger partial charge in [0.25, 0.3) is 0 Å². The van der Waals surface area contributed by atoms with Crippen molar-refractivity contribution in [3.63, 3.8) is 0 Å². The molecule has 0 rings (SSSR count). The molecule has 4 heteroatoms. The number of aliphatic carboxylic acids is 1. The molecule has 0 amide bonds. The molecule has 0 aliphatic heterocycles. The lowest BCUT2D eigenvalue weighted by molar-refractivity contribution is -0.137. The number of hydrogen-bond donors (Lipinski definition) is 1. The van der Waals surface area contributed by atoms with E-state index in [1.54, 1.807) is 0 Å². The van der Waals surface area contributed by atoms with Gasteiger partial charge in [-0.2, -0.15) is 0 Å². The zero-order chi connectivity index (χ0) is 17.3. The molecule has 0 atom stereocenters. The largest absolute Gasteiger partial charge is 0.481 e. The van der Waals surface area contributed by atoms with Crippen LogP contribution in [0.1, 0.15) is 103 Å². The second-order valence-electron chi connectivity index (χ2n) is 6.43. The fourth-order valence-corrected chi connectivity index (χ4v) is 2.63. The van der Waals surface area contributed by atoms with Gasteiger partial charge in [-0.25, -0.2) is 0 Å². The Morgan fingerprint density at radius 1 is 0.609 bits per heavy atom. The van der Waals surface area contributed by atoms with Gasteiger partial charge >= 0.3 is 5.97 Å². The van der Waals surface area contributed by atoms with Crippen molar-refractivity contribution in [2.75, 3.05) is 0 Å². The van der Waals surface area contributed by atoms with Crippen molar-refractivity contribution in [2.45, 2.75) is 103 Å². The first kappa shape index (κ1) is 21.8. The number of Topliss-reactive ketones (excluding diaryl/α,β-unsaturated/α-hetero) is 2. The number of carboxylic acid groups (broad SMARTS) is 1. The summed E-state index contributed by atoms with van der Waals surface area (Å²) in [5, 5.41) is 8.51. The van der Waals surface area contributed by atoms with Crippen LogP contribution >= 0.6 is 0 Å². The van der Waals surface area contributed by atoms with E-state index in [0.717, 1.165) is 38.5 Å². The average molecular weight is 326 g/mol. The predicted octanol–water partition coefficient (Wildman–Crippen LogP) is 5.08. The molecule has 0 fully saturated rings. The summed E-state index contributed by atoms with van der Waals surface area (Å²) in [5.74, 6) is -0.595. The van der Waals surface area contributed by atoms with E-state index in [9.17, 15) is 14.4 Å². The fraction of sp³-hybridized carbons (Fsp3) is 0.842. The first-order chi connectivity index (χ1) is 11.1. The molecule has 0 aromatic carbocycles. The zero-order valence-corrected chi connectivity index (χ0v) is 14.8. The lowest BCUT2D eigenvalue weighted by Crippen LogP contribution is -2.07. The summed E-state index contributed by atoms with van der Waals surface area (Å²) in [7, 11) is 0. The third-order valence-electron chi connectivity index (χ3n) is 4.05. The smallest absolute Gasteiger partial charge is 0.303 e. The van der Waals surface area contributed by atoms with E-state index >= 15 is 0 Å². The number of hydrogen-bond acceptors (Lipinski definition) is 3. The molecule has 0 spiro atoms.